The van der Waals surface area contributed by atoms with Crippen molar-refractivity contribution in [3.8, 4) is 11.3 Å². The monoisotopic (exact) mass is 435 g/mol. The van der Waals surface area contributed by atoms with Crippen molar-refractivity contribution >= 4 is 27.1 Å². The van der Waals surface area contributed by atoms with Crippen LogP contribution in [-0.2, 0) is 10.0 Å². The number of rotatable bonds is 7. The van der Waals surface area contributed by atoms with Crippen LogP contribution in [0, 0.1) is 0 Å². The van der Waals surface area contributed by atoms with Crippen LogP contribution in [0.15, 0.2) is 67.3 Å². The third kappa shape index (κ3) is 3.79. The van der Waals surface area contributed by atoms with Crippen LogP contribution in [0.3, 0.4) is 0 Å². The van der Waals surface area contributed by atoms with Gasteiger partial charge in [-0.15, -0.1) is 0 Å². The molecule has 4 rings (SSSR count). The number of anilines is 1. The number of carbonyl (C=O) groups excluding carboxylic acids is 1. The van der Waals surface area contributed by atoms with Gasteiger partial charge < -0.3 is 0 Å². The van der Waals surface area contributed by atoms with E-state index in [1.165, 1.54) is 10.5 Å². The minimum atomic E-state index is -3.39. The van der Waals surface area contributed by atoms with Crippen molar-refractivity contribution < 1.29 is 13.2 Å². The predicted octanol–water partition coefficient (Wildman–Crippen LogP) is 3.20. The summed E-state index contributed by atoms with van der Waals surface area (Å²) < 4.78 is 27.9. The van der Waals surface area contributed by atoms with Gasteiger partial charge in [-0.3, -0.25) is 14.1 Å². The average Bonchev–Trinajstić information content (AvgIpc) is 3.24. The Balaban J connectivity index is 1.80. The van der Waals surface area contributed by atoms with Crippen molar-refractivity contribution in [1.29, 1.82) is 0 Å². The van der Waals surface area contributed by atoms with Gasteiger partial charge in [0.15, 0.2) is 11.4 Å². The fraction of sp³-hybridized carbons (Fsp3) is 0.182. The first-order valence-corrected chi connectivity index (χ1v) is 11.5. The van der Waals surface area contributed by atoms with Crippen molar-refractivity contribution in [2.45, 2.75) is 13.8 Å². The molecule has 0 saturated heterocycles. The third-order valence-electron chi connectivity index (χ3n) is 5.01. The van der Waals surface area contributed by atoms with E-state index < -0.39 is 10.0 Å². The van der Waals surface area contributed by atoms with E-state index in [2.05, 4.69) is 15.1 Å². The minimum Gasteiger partial charge on any atom is -0.288 e. The van der Waals surface area contributed by atoms with Crippen LogP contribution in [0.1, 0.15) is 29.8 Å². The van der Waals surface area contributed by atoms with Gasteiger partial charge in [0, 0.05) is 36.3 Å². The molecule has 0 spiro atoms. The van der Waals surface area contributed by atoms with E-state index in [0.29, 0.717) is 34.7 Å². The van der Waals surface area contributed by atoms with Gasteiger partial charge in [0.2, 0.25) is 10.0 Å². The van der Waals surface area contributed by atoms with E-state index in [-0.39, 0.29) is 11.5 Å². The second-order valence-electron chi connectivity index (χ2n) is 6.80. The van der Waals surface area contributed by atoms with Crippen LogP contribution in [-0.4, -0.2) is 46.1 Å². The lowest BCUT2D eigenvalue weighted by Crippen LogP contribution is -2.32. The molecule has 3 heterocycles. The first-order valence-electron chi connectivity index (χ1n) is 9.84. The van der Waals surface area contributed by atoms with E-state index in [1.807, 2.05) is 6.07 Å². The second-order valence-corrected chi connectivity index (χ2v) is 8.99. The first-order chi connectivity index (χ1) is 15.0. The fourth-order valence-corrected chi connectivity index (χ4v) is 4.58. The maximum atomic E-state index is 12.9. The minimum absolute atomic E-state index is 0.0181. The Kier molecular flexibility index (Phi) is 5.51. The van der Waals surface area contributed by atoms with Crippen molar-refractivity contribution in [2.75, 3.05) is 16.6 Å². The number of aromatic nitrogens is 4. The number of fused-ring (bicyclic) bond motifs is 1. The molecule has 0 amide bonds. The Morgan fingerprint density at radius 1 is 1.06 bits per heavy atom. The highest BCUT2D eigenvalue weighted by molar-refractivity contribution is 7.92. The Labute approximate surface area is 180 Å². The third-order valence-corrected chi connectivity index (χ3v) is 6.88. The molecule has 9 heteroatoms. The SMILES string of the molecule is CCN(c1cccc(-c2ccnc3c(C(=O)c4ccncc4)cnn23)c1)S(=O)(=O)CC. The molecule has 0 aliphatic heterocycles. The lowest BCUT2D eigenvalue weighted by Gasteiger charge is -2.22. The van der Waals surface area contributed by atoms with Crippen molar-refractivity contribution in [1.82, 2.24) is 19.6 Å². The average molecular weight is 436 g/mol. The normalized spacial score (nSPS) is 11.5. The van der Waals surface area contributed by atoms with Gasteiger partial charge in [-0.05, 0) is 44.2 Å². The lowest BCUT2D eigenvalue weighted by atomic mass is 10.1. The van der Waals surface area contributed by atoms with Crippen molar-refractivity contribution in [3.05, 3.63) is 78.4 Å². The summed E-state index contributed by atoms with van der Waals surface area (Å²) >= 11 is 0. The second kappa shape index (κ2) is 8.27. The summed E-state index contributed by atoms with van der Waals surface area (Å²) in [5, 5.41) is 4.39. The van der Waals surface area contributed by atoms with Gasteiger partial charge in [-0.2, -0.15) is 5.10 Å². The van der Waals surface area contributed by atoms with Crippen LogP contribution >= 0.6 is 0 Å². The van der Waals surface area contributed by atoms with Crippen LogP contribution in [0.5, 0.6) is 0 Å². The summed E-state index contributed by atoms with van der Waals surface area (Å²) in [7, 11) is -3.39. The van der Waals surface area contributed by atoms with Gasteiger partial charge in [0.05, 0.1) is 28.9 Å². The molecule has 0 bridgehead atoms. The Morgan fingerprint density at radius 3 is 2.55 bits per heavy atom. The van der Waals surface area contributed by atoms with E-state index in [1.54, 1.807) is 73.4 Å². The first kappa shape index (κ1) is 20.7. The van der Waals surface area contributed by atoms with Crippen molar-refractivity contribution in [3.63, 3.8) is 0 Å². The molecule has 0 N–H and O–H groups in total. The maximum absolute atomic E-state index is 12.9. The molecule has 4 aromatic rings. The molecule has 0 atom stereocenters. The number of sulfonamides is 1. The highest BCUT2D eigenvalue weighted by Crippen LogP contribution is 2.27. The summed E-state index contributed by atoms with van der Waals surface area (Å²) in [6.45, 7) is 3.76. The zero-order valence-corrected chi connectivity index (χ0v) is 18.0. The van der Waals surface area contributed by atoms with Crippen LogP contribution in [0.25, 0.3) is 16.9 Å². The van der Waals surface area contributed by atoms with E-state index in [0.717, 1.165) is 5.56 Å². The quantitative estimate of drug-likeness (QED) is 0.414. The van der Waals surface area contributed by atoms with Gasteiger partial charge in [0.25, 0.3) is 0 Å². The molecular formula is C22H21N5O3S. The number of nitrogens with zero attached hydrogens (tertiary/aromatic N) is 5. The smallest absolute Gasteiger partial charge is 0.234 e. The lowest BCUT2D eigenvalue weighted by molar-refractivity contribution is 0.104. The number of hydrogen-bond acceptors (Lipinski definition) is 6. The summed E-state index contributed by atoms with van der Waals surface area (Å²) in [6.07, 6.45) is 6.24. The molecule has 8 nitrogen and oxygen atoms in total. The predicted molar refractivity (Wildman–Crippen MR) is 119 cm³/mol. The molecule has 3 aromatic heterocycles. The number of pyridine rings is 1. The van der Waals surface area contributed by atoms with E-state index in [4.69, 9.17) is 0 Å². The standard InChI is InChI=1S/C22H21N5O3S/c1-3-26(31(29,30)4-2)18-7-5-6-17(14-18)20-10-13-24-22-19(15-25-27(20)22)21(28)16-8-11-23-12-9-16/h5-15H,3-4H2,1-2H3. The highest BCUT2D eigenvalue weighted by atomic mass is 32.2. The summed E-state index contributed by atoms with van der Waals surface area (Å²) in [4.78, 5) is 21.2. The molecule has 0 radical (unpaired) electrons. The number of carbonyl (C=O) groups is 1. The van der Waals surface area contributed by atoms with Crippen LogP contribution < -0.4 is 4.31 Å². The molecule has 1 aromatic carbocycles. The highest BCUT2D eigenvalue weighted by Gasteiger charge is 2.21. The van der Waals surface area contributed by atoms with Crippen LogP contribution in [0.2, 0.25) is 0 Å². The van der Waals surface area contributed by atoms with Gasteiger partial charge in [0.1, 0.15) is 0 Å². The Bertz CT molecular complexity index is 1350. The molecule has 31 heavy (non-hydrogen) atoms. The maximum Gasteiger partial charge on any atom is 0.234 e. The molecular weight excluding hydrogens is 414 g/mol. The summed E-state index contributed by atoms with van der Waals surface area (Å²) in [6, 6.07) is 12.3. The van der Waals surface area contributed by atoms with Crippen LogP contribution in [0.4, 0.5) is 5.69 Å². The number of ketones is 1. The molecule has 0 saturated carbocycles. The zero-order valence-electron chi connectivity index (χ0n) is 17.1. The topological polar surface area (TPSA) is 97.5 Å². The summed E-state index contributed by atoms with van der Waals surface area (Å²) in [5.41, 5.74) is 3.35. The van der Waals surface area contributed by atoms with Gasteiger partial charge in [-0.1, -0.05) is 12.1 Å². The van der Waals surface area contributed by atoms with Crippen molar-refractivity contribution in [2.24, 2.45) is 0 Å². The summed E-state index contributed by atoms with van der Waals surface area (Å²) in [5.74, 6) is -0.175. The molecule has 0 fully saturated rings. The molecule has 158 valence electrons. The van der Waals surface area contributed by atoms with Gasteiger partial charge in [-0.25, -0.2) is 17.9 Å². The molecule has 0 aliphatic rings. The molecule has 0 unspecified atom stereocenters. The Morgan fingerprint density at radius 2 is 1.84 bits per heavy atom. The Hall–Kier alpha value is -3.59. The molecule has 0 aliphatic carbocycles. The zero-order chi connectivity index (χ0) is 22.0. The largest absolute Gasteiger partial charge is 0.288 e. The van der Waals surface area contributed by atoms with E-state index in [9.17, 15) is 13.2 Å². The fourth-order valence-electron chi connectivity index (χ4n) is 3.45. The number of benzene rings is 1. The van der Waals surface area contributed by atoms with Gasteiger partial charge >= 0.3 is 0 Å². The van der Waals surface area contributed by atoms with E-state index >= 15 is 0 Å². The number of hydrogen-bond donors (Lipinski definition) is 0.